The summed E-state index contributed by atoms with van der Waals surface area (Å²) < 4.78 is 9.92. The van der Waals surface area contributed by atoms with Crippen molar-refractivity contribution < 1.29 is 14.3 Å². The van der Waals surface area contributed by atoms with Gasteiger partial charge in [0, 0.05) is 0 Å². The monoisotopic (exact) mass is 187 g/mol. The first kappa shape index (κ1) is 10.5. The maximum atomic E-state index is 11.2. The standard InChI is InChI=1S/C9H17NO3/c1-3-10(4-2)5-9(11)13-7-8-6-12-8/h8H,3-7H2,1-2H3. The smallest absolute Gasteiger partial charge is 0.320 e. The van der Waals surface area contributed by atoms with Gasteiger partial charge in [0.25, 0.3) is 0 Å². The maximum Gasteiger partial charge on any atom is 0.320 e. The first-order valence-electron chi connectivity index (χ1n) is 4.75. The SMILES string of the molecule is CCN(CC)CC(=O)OCC1CO1. The van der Waals surface area contributed by atoms with Gasteiger partial charge in [0.05, 0.1) is 13.2 Å². The minimum Gasteiger partial charge on any atom is -0.462 e. The van der Waals surface area contributed by atoms with Gasteiger partial charge in [-0.25, -0.2) is 0 Å². The van der Waals surface area contributed by atoms with Crippen LogP contribution in [-0.4, -0.2) is 49.8 Å². The summed E-state index contributed by atoms with van der Waals surface area (Å²) in [5.74, 6) is -0.154. The van der Waals surface area contributed by atoms with Crippen LogP contribution in [0.4, 0.5) is 0 Å². The van der Waals surface area contributed by atoms with Crippen molar-refractivity contribution in [2.45, 2.75) is 20.0 Å². The predicted octanol–water partition coefficient (Wildman–Crippen LogP) is 0.270. The van der Waals surface area contributed by atoms with Gasteiger partial charge in [0.15, 0.2) is 0 Å². The molecule has 0 bridgehead atoms. The van der Waals surface area contributed by atoms with E-state index in [0.717, 1.165) is 19.7 Å². The Kier molecular flexibility index (Phi) is 4.18. The Balaban J connectivity index is 2.07. The summed E-state index contributed by atoms with van der Waals surface area (Å²) in [6, 6.07) is 0. The van der Waals surface area contributed by atoms with Crippen molar-refractivity contribution in [2.75, 3.05) is 32.8 Å². The molecule has 1 fully saturated rings. The minimum absolute atomic E-state index is 0.154. The van der Waals surface area contributed by atoms with Gasteiger partial charge in [-0.05, 0) is 13.1 Å². The highest BCUT2D eigenvalue weighted by Gasteiger charge is 2.24. The number of carbonyl (C=O) groups is 1. The molecule has 1 aliphatic heterocycles. The Labute approximate surface area is 78.8 Å². The second kappa shape index (κ2) is 5.19. The van der Waals surface area contributed by atoms with Crippen molar-refractivity contribution in [1.82, 2.24) is 4.90 Å². The number of rotatable bonds is 6. The van der Waals surface area contributed by atoms with E-state index in [0.29, 0.717) is 13.2 Å². The van der Waals surface area contributed by atoms with E-state index >= 15 is 0 Å². The molecule has 1 atom stereocenters. The number of nitrogens with zero attached hydrogens (tertiary/aromatic N) is 1. The molecule has 1 saturated heterocycles. The predicted molar refractivity (Wildman–Crippen MR) is 48.5 cm³/mol. The number of ether oxygens (including phenoxy) is 2. The zero-order valence-electron chi connectivity index (χ0n) is 8.28. The lowest BCUT2D eigenvalue weighted by Gasteiger charge is -2.16. The van der Waals surface area contributed by atoms with E-state index in [1.165, 1.54) is 0 Å². The number of likely N-dealkylation sites (N-methyl/N-ethyl adjacent to an activating group) is 1. The van der Waals surface area contributed by atoms with E-state index in [4.69, 9.17) is 9.47 Å². The molecule has 76 valence electrons. The second-order valence-electron chi connectivity index (χ2n) is 3.10. The fourth-order valence-electron chi connectivity index (χ4n) is 1.03. The first-order valence-corrected chi connectivity index (χ1v) is 4.75. The molecule has 13 heavy (non-hydrogen) atoms. The van der Waals surface area contributed by atoms with Gasteiger partial charge in [0.2, 0.25) is 0 Å². The Hall–Kier alpha value is -0.610. The summed E-state index contributed by atoms with van der Waals surface area (Å²) >= 11 is 0. The molecule has 0 saturated carbocycles. The molecule has 4 nitrogen and oxygen atoms in total. The van der Waals surface area contributed by atoms with Gasteiger partial charge in [-0.2, -0.15) is 0 Å². The zero-order valence-corrected chi connectivity index (χ0v) is 8.28. The van der Waals surface area contributed by atoms with Gasteiger partial charge in [-0.15, -0.1) is 0 Å². The van der Waals surface area contributed by atoms with Crippen LogP contribution in [0, 0.1) is 0 Å². The largest absolute Gasteiger partial charge is 0.462 e. The van der Waals surface area contributed by atoms with E-state index in [1.807, 2.05) is 18.7 Å². The third-order valence-electron chi connectivity index (χ3n) is 2.08. The van der Waals surface area contributed by atoms with Crippen LogP contribution in [-0.2, 0) is 14.3 Å². The van der Waals surface area contributed by atoms with Crippen LogP contribution in [0.15, 0.2) is 0 Å². The Bertz CT molecular complexity index is 164. The summed E-state index contributed by atoms with van der Waals surface area (Å²) in [7, 11) is 0. The fraction of sp³-hybridized carbons (Fsp3) is 0.889. The molecule has 1 unspecified atom stereocenters. The maximum absolute atomic E-state index is 11.2. The van der Waals surface area contributed by atoms with Gasteiger partial charge < -0.3 is 9.47 Å². The molecule has 1 aliphatic rings. The van der Waals surface area contributed by atoms with E-state index in [1.54, 1.807) is 0 Å². The normalized spacial score (nSPS) is 20.4. The zero-order chi connectivity index (χ0) is 9.68. The van der Waals surface area contributed by atoms with E-state index in [2.05, 4.69) is 0 Å². The topological polar surface area (TPSA) is 42.1 Å². The van der Waals surface area contributed by atoms with Crippen LogP contribution in [0.25, 0.3) is 0 Å². The fourth-order valence-corrected chi connectivity index (χ4v) is 1.03. The van der Waals surface area contributed by atoms with Gasteiger partial charge in [0.1, 0.15) is 12.7 Å². The van der Waals surface area contributed by atoms with Crippen molar-refractivity contribution in [1.29, 1.82) is 0 Å². The molecule has 0 aliphatic carbocycles. The highest BCUT2D eigenvalue weighted by Crippen LogP contribution is 2.08. The van der Waals surface area contributed by atoms with Crippen molar-refractivity contribution >= 4 is 5.97 Å². The van der Waals surface area contributed by atoms with Gasteiger partial charge in [-0.1, -0.05) is 13.8 Å². The third kappa shape index (κ3) is 4.24. The number of hydrogen-bond donors (Lipinski definition) is 0. The van der Waals surface area contributed by atoms with Crippen LogP contribution < -0.4 is 0 Å². The molecular formula is C9H17NO3. The Morgan fingerprint density at radius 3 is 2.62 bits per heavy atom. The summed E-state index contributed by atoms with van der Waals surface area (Å²) in [6.45, 7) is 7.36. The molecule has 0 amide bonds. The second-order valence-corrected chi connectivity index (χ2v) is 3.10. The van der Waals surface area contributed by atoms with Crippen LogP contribution in [0.3, 0.4) is 0 Å². The lowest BCUT2D eigenvalue weighted by Crippen LogP contribution is -2.31. The van der Waals surface area contributed by atoms with Crippen LogP contribution >= 0.6 is 0 Å². The van der Waals surface area contributed by atoms with Crippen molar-refractivity contribution in [3.8, 4) is 0 Å². The highest BCUT2D eigenvalue weighted by atomic mass is 16.6. The average molecular weight is 187 g/mol. The average Bonchev–Trinajstić information content (AvgIpc) is 2.94. The quantitative estimate of drug-likeness (QED) is 0.442. The molecule has 0 radical (unpaired) electrons. The van der Waals surface area contributed by atoms with Crippen LogP contribution in [0.5, 0.6) is 0 Å². The molecule has 0 N–H and O–H groups in total. The summed E-state index contributed by atoms with van der Waals surface area (Å²) in [5, 5.41) is 0. The minimum atomic E-state index is -0.154. The van der Waals surface area contributed by atoms with E-state index in [9.17, 15) is 4.79 Å². The molecule has 4 heteroatoms. The summed E-state index contributed by atoms with van der Waals surface area (Å²) in [4.78, 5) is 13.2. The Morgan fingerprint density at radius 1 is 1.54 bits per heavy atom. The van der Waals surface area contributed by atoms with Crippen molar-refractivity contribution in [2.24, 2.45) is 0 Å². The third-order valence-corrected chi connectivity index (χ3v) is 2.08. The van der Waals surface area contributed by atoms with E-state index in [-0.39, 0.29) is 12.1 Å². The van der Waals surface area contributed by atoms with Crippen molar-refractivity contribution in [3.63, 3.8) is 0 Å². The van der Waals surface area contributed by atoms with Crippen LogP contribution in [0.1, 0.15) is 13.8 Å². The number of carbonyl (C=O) groups excluding carboxylic acids is 1. The first-order chi connectivity index (χ1) is 6.26. The number of esters is 1. The molecular weight excluding hydrogens is 170 g/mol. The van der Waals surface area contributed by atoms with Crippen molar-refractivity contribution in [3.05, 3.63) is 0 Å². The molecule has 1 heterocycles. The van der Waals surface area contributed by atoms with Gasteiger partial charge >= 0.3 is 5.97 Å². The summed E-state index contributed by atoms with van der Waals surface area (Å²) in [5.41, 5.74) is 0. The lowest BCUT2D eigenvalue weighted by atomic mass is 10.4. The molecule has 0 spiro atoms. The van der Waals surface area contributed by atoms with Crippen LogP contribution in [0.2, 0.25) is 0 Å². The lowest BCUT2D eigenvalue weighted by molar-refractivity contribution is -0.145. The summed E-state index contributed by atoms with van der Waals surface area (Å²) in [6.07, 6.45) is 0.167. The molecule has 0 aromatic rings. The number of hydrogen-bond acceptors (Lipinski definition) is 4. The Morgan fingerprint density at radius 2 is 2.15 bits per heavy atom. The molecule has 0 aromatic carbocycles. The molecule has 1 rings (SSSR count). The van der Waals surface area contributed by atoms with Gasteiger partial charge in [-0.3, -0.25) is 9.69 Å². The highest BCUT2D eigenvalue weighted by molar-refractivity contribution is 5.71. The van der Waals surface area contributed by atoms with E-state index < -0.39 is 0 Å². The molecule has 0 aromatic heterocycles. The number of epoxide rings is 1.